The highest BCUT2D eigenvalue weighted by atomic mass is 16.6. The van der Waals surface area contributed by atoms with Gasteiger partial charge in [0.05, 0.1) is 17.1 Å². The van der Waals surface area contributed by atoms with Crippen LogP contribution in [0, 0.1) is 17.0 Å². The van der Waals surface area contributed by atoms with E-state index < -0.39 is 4.92 Å². The topological polar surface area (TPSA) is 139 Å². The lowest BCUT2D eigenvalue weighted by Gasteiger charge is -2.46. The minimum absolute atomic E-state index is 0.0205. The third-order valence-electron chi connectivity index (χ3n) is 6.88. The van der Waals surface area contributed by atoms with Crippen LogP contribution in [0.15, 0.2) is 33.8 Å². The van der Waals surface area contributed by atoms with Crippen LogP contribution >= 0.6 is 0 Å². The van der Waals surface area contributed by atoms with Crippen molar-refractivity contribution in [2.45, 2.75) is 90.3 Å². The average Bonchev–Trinajstić information content (AvgIpc) is 3.13. The third kappa shape index (κ3) is 6.25. The molecule has 198 valence electrons. The van der Waals surface area contributed by atoms with Crippen molar-refractivity contribution in [1.82, 2.24) is 16.1 Å². The monoisotopic (exact) mass is 509 g/mol. The third-order valence-corrected chi connectivity index (χ3v) is 6.88. The molecule has 1 aromatic carbocycles. The van der Waals surface area contributed by atoms with Gasteiger partial charge in [0.2, 0.25) is 5.91 Å². The Balaban J connectivity index is 1.45. The van der Waals surface area contributed by atoms with Crippen molar-refractivity contribution in [1.29, 1.82) is 0 Å². The van der Waals surface area contributed by atoms with Crippen molar-refractivity contribution in [3.8, 4) is 0 Å². The van der Waals surface area contributed by atoms with Gasteiger partial charge in [-0.3, -0.25) is 19.7 Å². The minimum atomic E-state index is -0.480. The molecule has 4 rings (SSSR count). The molecule has 2 aliphatic rings. The summed E-state index contributed by atoms with van der Waals surface area (Å²) in [7, 11) is 0. The summed E-state index contributed by atoms with van der Waals surface area (Å²) in [6, 6.07) is 5.87. The molecule has 0 bridgehead atoms. The molecule has 1 aliphatic heterocycles. The Morgan fingerprint density at radius 3 is 2.41 bits per heavy atom. The lowest BCUT2D eigenvalue weighted by atomic mass is 9.79. The number of piperidine rings is 1. The number of nitrogens with zero attached hydrogens (tertiary/aromatic N) is 2. The molecule has 1 aromatic heterocycles. The summed E-state index contributed by atoms with van der Waals surface area (Å²) < 4.78 is 6.03. The molecule has 37 heavy (non-hydrogen) atoms. The van der Waals surface area contributed by atoms with E-state index in [1.807, 2.05) is 6.92 Å². The van der Waals surface area contributed by atoms with Crippen LogP contribution in [0.4, 0.5) is 5.69 Å². The van der Waals surface area contributed by atoms with Crippen molar-refractivity contribution in [2.24, 2.45) is 5.10 Å². The summed E-state index contributed by atoms with van der Waals surface area (Å²) in [6.07, 6.45) is 3.83. The summed E-state index contributed by atoms with van der Waals surface area (Å²) in [6.45, 7) is 10.4. The number of non-ortho nitro benzene ring substituents is 1. The number of benzene rings is 1. The van der Waals surface area contributed by atoms with E-state index in [1.165, 1.54) is 12.1 Å². The van der Waals surface area contributed by atoms with Crippen LogP contribution in [0.2, 0.25) is 0 Å². The smallest absolute Gasteiger partial charge is 0.287 e. The van der Waals surface area contributed by atoms with Crippen LogP contribution < -0.4 is 16.1 Å². The fraction of sp³-hybridized carbons (Fsp3) is 0.519. The first kappa shape index (κ1) is 26.5. The zero-order valence-corrected chi connectivity index (χ0v) is 22.1. The number of hydrazone groups is 1. The number of rotatable bonds is 6. The molecule has 10 heteroatoms. The van der Waals surface area contributed by atoms with Gasteiger partial charge >= 0.3 is 0 Å². The molecule has 1 aliphatic carbocycles. The van der Waals surface area contributed by atoms with Gasteiger partial charge in [0.25, 0.3) is 11.6 Å². The van der Waals surface area contributed by atoms with E-state index in [4.69, 9.17) is 4.42 Å². The SMILES string of the molecule is Cc1c(C(=O)NC2CC(C)(C)NC(C)(C)C2)oc2c1/C(=N/NC(=O)Cc1ccc([N+](=O)[O-])cc1)CCC2. The summed E-state index contributed by atoms with van der Waals surface area (Å²) in [5.41, 5.74) is 5.23. The number of aryl methyl sites for hydroxylation is 1. The van der Waals surface area contributed by atoms with Gasteiger partial charge in [0, 0.05) is 46.8 Å². The second kappa shape index (κ2) is 10.1. The van der Waals surface area contributed by atoms with Gasteiger partial charge < -0.3 is 15.1 Å². The Hall–Kier alpha value is -3.53. The summed E-state index contributed by atoms with van der Waals surface area (Å²) >= 11 is 0. The van der Waals surface area contributed by atoms with Gasteiger partial charge in [-0.1, -0.05) is 12.1 Å². The van der Waals surface area contributed by atoms with Gasteiger partial charge in [-0.25, -0.2) is 5.43 Å². The van der Waals surface area contributed by atoms with Gasteiger partial charge in [0.1, 0.15) is 5.76 Å². The quantitative estimate of drug-likeness (QED) is 0.398. The summed E-state index contributed by atoms with van der Waals surface area (Å²) in [5, 5.41) is 22.0. The minimum Gasteiger partial charge on any atom is -0.455 e. The number of carbonyl (C=O) groups excluding carboxylic acids is 2. The highest BCUT2D eigenvalue weighted by Gasteiger charge is 2.39. The second-order valence-electron chi connectivity index (χ2n) is 11.4. The van der Waals surface area contributed by atoms with Gasteiger partial charge in [-0.15, -0.1) is 0 Å². The number of furan rings is 1. The molecule has 2 heterocycles. The predicted octanol–water partition coefficient (Wildman–Crippen LogP) is 3.93. The number of hydrogen-bond donors (Lipinski definition) is 3. The molecule has 2 aromatic rings. The van der Waals surface area contributed by atoms with Crippen molar-refractivity contribution >= 4 is 23.2 Å². The Morgan fingerprint density at radius 2 is 1.78 bits per heavy atom. The van der Waals surface area contributed by atoms with E-state index in [0.717, 1.165) is 30.4 Å². The number of hydrogen-bond acceptors (Lipinski definition) is 7. The normalized spacial score (nSPS) is 19.8. The first-order valence-electron chi connectivity index (χ1n) is 12.7. The maximum absolute atomic E-state index is 13.2. The van der Waals surface area contributed by atoms with Crippen molar-refractivity contribution in [2.75, 3.05) is 0 Å². The van der Waals surface area contributed by atoms with Crippen LogP contribution in [0.5, 0.6) is 0 Å². The largest absolute Gasteiger partial charge is 0.455 e. The number of nitro groups is 1. The highest BCUT2D eigenvalue weighted by molar-refractivity contribution is 6.06. The zero-order chi connectivity index (χ0) is 27.0. The van der Waals surface area contributed by atoms with Crippen molar-refractivity contribution < 1.29 is 18.9 Å². The van der Waals surface area contributed by atoms with E-state index in [0.29, 0.717) is 35.6 Å². The molecule has 0 radical (unpaired) electrons. The molecule has 0 unspecified atom stereocenters. The molecule has 0 spiro atoms. The Labute approximate surface area is 216 Å². The van der Waals surface area contributed by atoms with Crippen molar-refractivity contribution in [3.63, 3.8) is 0 Å². The molecule has 2 amide bonds. The lowest BCUT2D eigenvalue weighted by Crippen LogP contribution is -2.62. The fourth-order valence-corrected chi connectivity index (χ4v) is 5.76. The molecular weight excluding hydrogens is 474 g/mol. The van der Waals surface area contributed by atoms with Crippen LogP contribution in [-0.4, -0.2) is 39.6 Å². The standard InChI is InChI=1S/C27H35N5O5/c1-16-23-20(29-30-22(33)13-17-9-11-19(12-10-17)32(35)36)7-6-8-21(23)37-24(16)25(34)28-18-14-26(2,3)31-27(4,5)15-18/h9-12,18,31H,6-8,13-15H2,1-5H3,(H,28,34)(H,30,33)/b29-20+. The molecule has 1 saturated heterocycles. The number of fused-ring (bicyclic) bond motifs is 1. The lowest BCUT2D eigenvalue weighted by molar-refractivity contribution is -0.384. The second-order valence-corrected chi connectivity index (χ2v) is 11.4. The molecule has 10 nitrogen and oxygen atoms in total. The van der Waals surface area contributed by atoms with E-state index in [-0.39, 0.29) is 41.0 Å². The van der Waals surface area contributed by atoms with Gasteiger partial charge in [-0.05, 0) is 65.9 Å². The molecule has 1 fully saturated rings. The van der Waals surface area contributed by atoms with Crippen LogP contribution in [0.3, 0.4) is 0 Å². The molecule has 0 atom stereocenters. The average molecular weight is 510 g/mol. The van der Waals surface area contributed by atoms with Crippen LogP contribution in [-0.2, 0) is 17.6 Å². The first-order chi connectivity index (χ1) is 17.3. The van der Waals surface area contributed by atoms with E-state index in [2.05, 4.69) is 48.9 Å². The zero-order valence-electron chi connectivity index (χ0n) is 22.1. The number of nitro benzene ring substituents is 1. The van der Waals surface area contributed by atoms with E-state index >= 15 is 0 Å². The summed E-state index contributed by atoms with van der Waals surface area (Å²) in [4.78, 5) is 36.0. The number of nitrogens with one attached hydrogen (secondary N) is 3. The summed E-state index contributed by atoms with van der Waals surface area (Å²) in [5.74, 6) is 0.449. The van der Waals surface area contributed by atoms with E-state index in [9.17, 15) is 19.7 Å². The first-order valence-corrected chi connectivity index (χ1v) is 12.7. The molecule has 0 saturated carbocycles. The molecule has 3 N–H and O–H groups in total. The Kier molecular flexibility index (Phi) is 7.23. The Bertz CT molecular complexity index is 1230. The van der Waals surface area contributed by atoms with Crippen LogP contribution in [0.1, 0.15) is 86.4 Å². The van der Waals surface area contributed by atoms with Gasteiger partial charge in [0.15, 0.2) is 5.76 Å². The highest BCUT2D eigenvalue weighted by Crippen LogP contribution is 2.32. The molecular formula is C27H35N5O5. The number of carbonyl (C=O) groups is 2. The maximum atomic E-state index is 13.2. The van der Waals surface area contributed by atoms with E-state index in [1.54, 1.807) is 12.1 Å². The van der Waals surface area contributed by atoms with Crippen LogP contribution in [0.25, 0.3) is 0 Å². The van der Waals surface area contributed by atoms with Gasteiger partial charge in [-0.2, -0.15) is 5.10 Å². The Morgan fingerprint density at radius 1 is 1.14 bits per heavy atom. The maximum Gasteiger partial charge on any atom is 0.287 e. The fourth-order valence-electron chi connectivity index (χ4n) is 5.76. The van der Waals surface area contributed by atoms with Crippen molar-refractivity contribution in [3.05, 3.63) is 62.6 Å². The predicted molar refractivity (Wildman–Crippen MR) is 140 cm³/mol. The number of amides is 2.